The molecular weight excluding hydrogens is 328 g/mol. The molecular formula is C21H38N2OS. The molecule has 144 valence electrons. The zero-order valence-electron chi connectivity index (χ0n) is 17.3. The zero-order valence-corrected chi connectivity index (χ0v) is 18.1. The number of nitrogens with zero attached hydrogens (tertiary/aromatic N) is 1. The second kappa shape index (κ2) is 14.2. The zero-order chi connectivity index (χ0) is 19.1. The molecule has 0 atom stereocenters. The number of thioether (sulfide) groups is 1. The normalized spacial score (nSPS) is 11.3. The first-order valence-electron chi connectivity index (χ1n) is 9.39. The SMILES string of the molecule is CC(C)(C)C.CC=Nc1cc(SCC)ccc1NCCCCOCC. The predicted octanol–water partition coefficient (Wildman–Crippen LogP) is 6.80. The van der Waals surface area contributed by atoms with Crippen LogP contribution in [0.15, 0.2) is 28.1 Å². The molecule has 0 aromatic heterocycles. The van der Waals surface area contributed by atoms with Gasteiger partial charge in [-0.3, -0.25) is 4.99 Å². The molecule has 0 saturated carbocycles. The molecule has 1 aromatic carbocycles. The molecule has 0 fully saturated rings. The third kappa shape index (κ3) is 15.0. The minimum atomic E-state index is 0.500. The molecule has 25 heavy (non-hydrogen) atoms. The molecule has 4 heteroatoms. The van der Waals surface area contributed by atoms with Gasteiger partial charge in [-0.05, 0) is 56.1 Å². The van der Waals surface area contributed by atoms with Gasteiger partial charge in [-0.15, -0.1) is 11.8 Å². The number of rotatable bonds is 10. The van der Waals surface area contributed by atoms with Crippen molar-refractivity contribution in [2.45, 2.75) is 66.2 Å². The lowest BCUT2D eigenvalue weighted by Gasteiger charge is -2.11. The summed E-state index contributed by atoms with van der Waals surface area (Å²) in [7, 11) is 0. The van der Waals surface area contributed by atoms with Crippen molar-refractivity contribution in [2.75, 3.05) is 30.8 Å². The second-order valence-electron chi connectivity index (χ2n) is 7.33. The van der Waals surface area contributed by atoms with E-state index in [1.807, 2.05) is 31.8 Å². The summed E-state index contributed by atoms with van der Waals surface area (Å²) in [5.74, 6) is 1.08. The van der Waals surface area contributed by atoms with Gasteiger partial charge < -0.3 is 10.1 Å². The van der Waals surface area contributed by atoms with Crippen LogP contribution < -0.4 is 5.32 Å². The minimum absolute atomic E-state index is 0.500. The summed E-state index contributed by atoms with van der Waals surface area (Å²) in [5, 5.41) is 3.47. The summed E-state index contributed by atoms with van der Waals surface area (Å²) in [6.45, 7) is 17.5. The summed E-state index contributed by atoms with van der Waals surface area (Å²) in [4.78, 5) is 5.73. The molecule has 0 unspecified atom stereocenters. The predicted molar refractivity (Wildman–Crippen MR) is 116 cm³/mol. The highest BCUT2D eigenvalue weighted by Gasteiger charge is 2.02. The monoisotopic (exact) mass is 366 g/mol. The first kappa shape index (κ1) is 24.0. The largest absolute Gasteiger partial charge is 0.383 e. The van der Waals surface area contributed by atoms with Gasteiger partial charge in [0.2, 0.25) is 0 Å². The molecule has 0 heterocycles. The molecule has 0 aliphatic carbocycles. The van der Waals surface area contributed by atoms with E-state index in [1.165, 1.54) is 4.90 Å². The Balaban J connectivity index is 0.00000101. The van der Waals surface area contributed by atoms with Gasteiger partial charge in [-0.2, -0.15) is 0 Å². The summed E-state index contributed by atoms with van der Waals surface area (Å²) >= 11 is 1.84. The van der Waals surface area contributed by atoms with Crippen LogP contribution in [0.2, 0.25) is 0 Å². The first-order valence-corrected chi connectivity index (χ1v) is 10.4. The summed E-state index contributed by atoms with van der Waals surface area (Å²) < 4.78 is 5.34. The molecule has 0 saturated heterocycles. The number of aliphatic imine (C=N–C) groups is 1. The van der Waals surface area contributed by atoms with E-state index < -0.39 is 0 Å². The maximum atomic E-state index is 5.34. The highest BCUT2D eigenvalue weighted by molar-refractivity contribution is 7.99. The fourth-order valence-electron chi connectivity index (χ4n) is 1.86. The van der Waals surface area contributed by atoms with E-state index in [0.717, 1.165) is 49.7 Å². The smallest absolute Gasteiger partial charge is 0.0868 e. The van der Waals surface area contributed by atoms with Gasteiger partial charge >= 0.3 is 0 Å². The first-order chi connectivity index (χ1) is 11.8. The Hall–Kier alpha value is -1.00. The van der Waals surface area contributed by atoms with Crippen LogP contribution in [-0.4, -0.2) is 31.7 Å². The molecule has 0 radical (unpaired) electrons. The lowest BCUT2D eigenvalue weighted by Crippen LogP contribution is -2.04. The number of ether oxygens (including phenoxy) is 1. The minimum Gasteiger partial charge on any atom is -0.383 e. The Morgan fingerprint density at radius 1 is 1.16 bits per heavy atom. The number of unbranched alkanes of at least 4 members (excludes halogenated alkanes) is 1. The number of nitrogens with one attached hydrogen (secondary N) is 1. The van der Waals surface area contributed by atoms with Crippen LogP contribution in [0.5, 0.6) is 0 Å². The summed E-state index contributed by atoms with van der Waals surface area (Å²) in [5.41, 5.74) is 2.63. The Morgan fingerprint density at radius 3 is 2.40 bits per heavy atom. The van der Waals surface area contributed by atoms with Gasteiger partial charge in [-0.25, -0.2) is 0 Å². The van der Waals surface area contributed by atoms with Crippen molar-refractivity contribution < 1.29 is 4.74 Å². The van der Waals surface area contributed by atoms with Crippen molar-refractivity contribution in [3.05, 3.63) is 18.2 Å². The van der Waals surface area contributed by atoms with Gasteiger partial charge in [0, 0.05) is 30.9 Å². The molecule has 1 aromatic rings. The van der Waals surface area contributed by atoms with Crippen LogP contribution in [0.3, 0.4) is 0 Å². The molecule has 0 amide bonds. The van der Waals surface area contributed by atoms with E-state index >= 15 is 0 Å². The van der Waals surface area contributed by atoms with Gasteiger partial charge in [0.1, 0.15) is 0 Å². The molecule has 3 nitrogen and oxygen atoms in total. The molecule has 0 aliphatic heterocycles. The topological polar surface area (TPSA) is 33.6 Å². The highest BCUT2D eigenvalue weighted by Crippen LogP contribution is 2.30. The molecule has 0 bridgehead atoms. The van der Waals surface area contributed by atoms with E-state index in [1.54, 1.807) is 0 Å². The summed E-state index contributed by atoms with van der Waals surface area (Å²) in [6, 6.07) is 6.44. The maximum Gasteiger partial charge on any atom is 0.0868 e. The van der Waals surface area contributed by atoms with E-state index in [4.69, 9.17) is 4.74 Å². The standard InChI is InChI=1S/C16H26N2OS.C5H12/c1-4-17-16-13-14(20-6-3)9-10-15(16)18-11-7-8-12-19-5-2;1-5(2,3)4/h4,9-10,13,18H,5-8,11-12H2,1-3H3;1-4H3. The van der Waals surface area contributed by atoms with Crippen molar-refractivity contribution in [2.24, 2.45) is 10.4 Å². The fourth-order valence-corrected chi connectivity index (χ4v) is 2.55. The van der Waals surface area contributed by atoms with Gasteiger partial charge in [0.15, 0.2) is 0 Å². The average molecular weight is 367 g/mol. The molecule has 1 rings (SSSR count). The lowest BCUT2D eigenvalue weighted by molar-refractivity contribution is 0.144. The van der Waals surface area contributed by atoms with Gasteiger partial charge in [0.25, 0.3) is 0 Å². The summed E-state index contributed by atoms with van der Waals surface area (Å²) in [6.07, 6.45) is 4.05. The number of hydrogen-bond donors (Lipinski definition) is 1. The van der Waals surface area contributed by atoms with Crippen LogP contribution in [0.1, 0.15) is 61.3 Å². The van der Waals surface area contributed by atoms with Crippen LogP contribution in [0.25, 0.3) is 0 Å². The van der Waals surface area contributed by atoms with Crippen molar-refractivity contribution in [1.82, 2.24) is 0 Å². The lowest BCUT2D eigenvalue weighted by atomic mass is 10.0. The number of anilines is 1. The van der Waals surface area contributed by atoms with Gasteiger partial charge in [0.05, 0.1) is 11.4 Å². The van der Waals surface area contributed by atoms with E-state index in [-0.39, 0.29) is 0 Å². The number of benzene rings is 1. The molecule has 0 spiro atoms. The Kier molecular flexibility index (Phi) is 13.6. The van der Waals surface area contributed by atoms with Crippen molar-refractivity contribution in [3.8, 4) is 0 Å². The fraction of sp³-hybridized carbons (Fsp3) is 0.667. The van der Waals surface area contributed by atoms with Gasteiger partial charge in [-0.1, -0.05) is 34.6 Å². The van der Waals surface area contributed by atoms with Crippen molar-refractivity contribution in [3.63, 3.8) is 0 Å². The second-order valence-corrected chi connectivity index (χ2v) is 8.67. The third-order valence-corrected chi connectivity index (χ3v) is 3.66. The van der Waals surface area contributed by atoms with Crippen molar-refractivity contribution in [1.29, 1.82) is 0 Å². The van der Waals surface area contributed by atoms with E-state index in [0.29, 0.717) is 5.41 Å². The van der Waals surface area contributed by atoms with Crippen LogP contribution in [-0.2, 0) is 4.74 Å². The Labute approximate surface area is 160 Å². The van der Waals surface area contributed by atoms with E-state index in [9.17, 15) is 0 Å². The van der Waals surface area contributed by atoms with Crippen LogP contribution >= 0.6 is 11.8 Å². The van der Waals surface area contributed by atoms with E-state index in [2.05, 4.69) is 63.1 Å². The Morgan fingerprint density at radius 2 is 1.84 bits per heavy atom. The highest BCUT2D eigenvalue weighted by atomic mass is 32.2. The van der Waals surface area contributed by atoms with Crippen LogP contribution in [0.4, 0.5) is 11.4 Å². The van der Waals surface area contributed by atoms with Crippen LogP contribution in [0, 0.1) is 5.41 Å². The van der Waals surface area contributed by atoms with Crippen molar-refractivity contribution >= 4 is 29.4 Å². The Bertz CT molecular complexity index is 475. The molecule has 0 aliphatic rings. The quantitative estimate of drug-likeness (QED) is 0.281. The molecule has 1 N–H and O–H groups in total. The third-order valence-electron chi connectivity index (χ3n) is 2.78. The average Bonchev–Trinajstić information content (AvgIpc) is 2.51. The maximum absolute atomic E-state index is 5.34. The number of hydrogen-bond acceptors (Lipinski definition) is 4.